The van der Waals surface area contributed by atoms with Crippen molar-refractivity contribution in [2.24, 2.45) is 0 Å². The maximum absolute atomic E-state index is 12.8. The van der Waals surface area contributed by atoms with E-state index in [0.29, 0.717) is 10.8 Å². The Balaban J connectivity index is 1.63. The number of nitrogens with zero attached hydrogens (tertiary/aromatic N) is 2. The van der Waals surface area contributed by atoms with E-state index in [1.165, 1.54) is 4.68 Å². The quantitative estimate of drug-likeness (QED) is 0.517. The largest absolute Gasteiger partial charge is 0.295 e. The van der Waals surface area contributed by atoms with Crippen LogP contribution in [0.4, 0.5) is 0 Å². The zero-order valence-electron chi connectivity index (χ0n) is 15.6. The molecule has 1 aromatic heterocycles. The second-order valence-electron chi connectivity index (χ2n) is 6.55. The molecule has 0 aliphatic rings. The number of fused-ring (bicyclic) bond motifs is 1. The molecule has 0 radical (unpaired) electrons. The topological polar surface area (TPSA) is 73.2 Å². The van der Waals surface area contributed by atoms with Gasteiger partial charge in [0, 0.05) is 5.39 Å². The van der Waals surface area contributed by atoms with Gasteiger partial charge in [-0.05, 0) is 17.2 Å². The minimum Gasteiger partial charge on any atom is -0.269 e. The molecule has 0 bridgehead atoms. The third-order valence-electron chi connectivity index (χ3n) is 4.50. The van der Waals surface area contributed by atoms with E-state index in [-0.39, 0.29) is 24.4 Å². The number of benzene rings is 3. The lowest BCUT2D eigenvalue weighted by atomic mass is 10.1. The van der Waals surface area contributed by atoms with Crippen LogP contribution in [0.1, 0.15) is 21.6 Å². The van der Waals surface area contributed by atoms with Gasteiger partial charge in [0.2, 0.25) is 0 Å². The maximum Gasteiger partial charge on any atom is 0.295 e. The fourth-order valence-corrected chi connectivity index (χ4v) is 3.07. The first kappa shape index (κ1) is 18.6. The zero-order valence-corrected chi connectivity index (χ0v) is 15.6. The highest BCUT2D eigenvalue weighted by molar-refractivity contribution is 6.04. The number of rotatable bonds is 6. The van der Waals surface area contributed by atoms with Crippen LogP contribution in [0.2, 0.25) is 0 Å². The molecule has 0 spiro atoms. The molecule has 3 aromatic carbocycles. The summed E-state index contributed by atoms with van der Waals surface area (Å²) in [6, 6.07) is 26.0. The van der Waals surface area contributed by atoms with Crippen LogP contribution in [0.25, 0.3) is 10.8 Å². The number of hydroxylamine groups is 1. The zero-order chi connectivity index (χ0) is 20.1. The summed E-state index contributed by atoms with van der Waals surface area (Å²) in [5, 5.41) is 5.26. The first-order chi connectivity index (χ1) is 14.2. The van der Waals surface area contributed by atoms with Crippen LogP contribution < -0.4 is 11.0 Å². The monoisotopic (exact) mass is 385 g/mol. The van der Waals surface area contributed by atoms with E-state index in [9.17, 15) is 9.59 Å². The van der Waals surface area contributed by atoms with Crippen molar-refractivity contribution in [1.82, 2.24) is 15.3 Å². The van der Waals surface area contributed by atoms with E-state index >= 15 is 0 Å². The van der Waals surface area contributed by atoms with Crippen molar-refractivity contribution in [3.8, 4) is 0 Å². The summed E-state index contributed by atoms with van der Waals surface area (Å²) in [5.74, 6) is -0.501. The van der Waals surface area contributed by atoms with Crippen molar-refractivity contribution >= 4 is 16.7 Å². The summed E-state index contributed by atoms with van der Waals surface area (Å²) in [5.41, 5.74) is 4.18. The smallest absolute Gasteiger partial charge is 0.269 e. The number of aromatic nitrogens is 2. The van der Waals surface area contributed by atoms with E-state index < -0.39 is 5.91 Å². The second kappa shape index (κ2) is 8.50. The molecular weight excluding hydrogens is 366 g/mol. The number of amides is 1. The van der Waals surface area contributed by atoms with Gasteiger partial charge in [0.15, 0.2) is 5.69 Å². The van der Waals surface area contributed by atoms with Gasteiger partial charge in [0.05, 0.1) is 18.5 Å². The van der Waals surface area contributed by atoms with E-state index in [0.717, 1.165) is 11.1 Å². The van der Waals surface area contributed by atoms with E-state index in [4.69, 9.17) is 4.84 Å². The minimum absolute atomic E-state index is 0.143. The average Bonchev–Trinajstić information content (AvgIpc) is 2.77. The maximum atomic E-state index is 12.8. The SMILES string of the molecule is O=C(NOCc1ccccc1)c1nn(Cc2ccccc2)c(=O)c2ccccc12. The fourth-order valence-electron chi connectivity index (χ4n) is 3.07. The first-order valence-electron chi connectivity index (χ1n) is 9.22. The Labute approximate surface area is 167 Å². The molecule has 29 heavy (non-hydrogen) atoms. The van der Waals surface area contributed by atoms with Crippen LogP contribution in [-0.2, 0) is 18.0 Å². The van der Waals surface area contributed by atoms with Crippen molar-refractivity contribution in [2.75, 3.05) is 0 Å². The third kappa shape index (κ3) is 4.23. The van der Waals surface area contributed by atoms with Crippen LogP contribution in [-0.4, -0.2) is 15.7 Å². The summed E-state index contributed by atoms with van der Waals surface area (Å²) < 4.78 is 1.31. The molecular formula is C23H19N3O3. The lowest BCUT2D eigenvalue weighted by Gasteiger charge is -2.11. The standard InChI is InChI=1S/C23H19N3O3/c27-22(25-29-16-18-11-5-2-6-12-18)21-19-13-7-8-14-20(19)23(28)26(24-21)15-17-9-3-1-4-10-17/h1-14H,15-16H2,(H,25,27). The van der Waals surface area contributed by atoms with Crippen LogP contribution in [0.3, 0.4) is 0 Å². The molecule has 6 nitrogen and oxygen atoms in total. The van der Waals surface area contributed by atoms with Crippen LogP contribution in [0.5, 0.6) is 0 Å². The molecule has 0 fully saturated rings. The summed E-state index contributed by atoms with van der Waals surface area (Å²) >= 11 is 0. The summed E-state index contributed by atoms with van der Waals surface area (Å²) in [6.45, 7) is 0.504. The molecule has 0 saturated heterocycles. The fraction of sp³-hybridized carbons (Fsp3) is 0.0870. The third-order valence-corrected chi connectivity index (χ3v) is 4.50. The molecule has 4 rings (SSSR count). The van der Waals surface area contributed by atoms with Gasteiger partial charge < -0.3 is 0 Å². The van der Waals surface area contributed by atoms with Gasteiger partial charge in [-0.3, -0.25) is 14.4 Å². The Hall–Kier alpha value is -3.77. The first-order valence-corrected chi connectivity index (χ1v) is 9.22. The normalized spacial score (nSPS) is 10.8. The molecule has 1 heterocycles. The van der Waals surface area contributed by atoms with Gasteiger partial charge in [-0.2, -0.15) is 5.10 Å². The lowest BCUT2D eigenvalue weighted by molar-refractivity contribution is 0.0229. The van der Waals surface area contributed by atoms with Gasteiger partial charge in [-0.1, -0.05) is 78.9 Å². The van der Waals surface area contributed by atoms with E-state index in [1.54, 1.807) is 24.3 Å². The number of carbonyl (C=O) groups excluding carboxylic acids is 1. The highest BCUT2D eigenvalue weighted by Gasteiger charge is 2.17. The van der Waals surface area contributed by atoms with Crippen LogP contribution in [0, 0.1) is 0 Å². The molecule has 0 aliphatic heterocycles. The highest BCUT2D eigenvalue weighted by atomic mass is 16.6. The van der Waals surface area contributed by atoms with Crippen molar-refractivity contribution in [3.05, 3.63) is 112 Å². The van der Waals surface area contributed by atoms with E-state index in [1.807, 2.05) is 60.7 Å². The molecule has 4 aromatic rings. The number of nitrogens with one attached hydrogen (secondary N) is 1. The number of carbonyl (C=O) groups is 1. The predicted octanol–water partition coefficient (Wildman–Crippen LogP) is 3.31. The Kier molecular flexibility index (Phi) is 5.45. The summed E-state index contributed by atoms with van der Waals surface area (Å²) in [7, 11) is 0. The van der Waals surface area contributed by atoms with Gasteiger partial charge in [-0.25, -0.2) is 10.2 Å². The summed E-state index contributed by atoms with van der Waals surface area (Å²) in [6.07, 6.45) is 0. The van der Waals surface area contributed by atoms with E-state index in [2.05, 4.69) is 10.6 Å². The highest BCUT2D eigenvalue weighted by Crippen LogP contribution is 2.14. The average molecular weight is 385 g/mol. The molecule has 144 valence electrons. The number of hydrogen-bond donors (Lipinski definition) is 1. The van der Waals surface area contributed by atoms with Crippen molar-refractivity contribution in [2.45, 2.75) is 13.2 Å². The van der Waals surface area contributed by atoms with Crippen LogP contribution in [0.15, 0.2) is 89.7 Å². The molecule has 0 aliphatic carbocycles. The molecule has 0 atom stereocenters. The second-order valence-corrected chi connectivity index (χ2v) is 6.55. The van der Waals surface area contributed by atoms with Crippen molar-refractivity contribution < 1.29 is 9.63 Å². The Bertz CT molecular complexity index is 1190. The Morgan fingerprint density at radius 1 is 0.828 bits per heavy atom. The van der Waals surface area contributed by atoms with Gasteiger partial charge in [-0.15, -0.1) is 0 Å². The minimum atomic E-state index is -0.501. The molecule has 1 amide bonds. The Morgan fingerprint density at radius 2 is 1.41 bits per heavy atom. The molecule has 0 unspecified atom stereocenters. The molecule has 6 heteroatoms. The van der Waals surface area contributed by atoms with Gasteiger partial charge >= 0.3 is 0 Å². The van der Waals surface area contributed by atoms with Gasteiger partial charge in [0.25, 0.3) is 11.5 Å². The van der Waals surface area contributed by atoms with Gasteiger partial charge in [0.1, 0.15) is 0 Å². The lowest BCUT2D eigenvalue weighted by Crippen LogP contribution is -2.31. The molecule has 1 N–H and O–H groups in total. The van der Waals surface area contributed by atoms with Crippen LogP contribution >= 0.6 is 0 Å². The number of hydrogen-bond acceptors (Lipinski definition) is 4. The molecule has 0 saturated carbocycles. The van der Waals surface area contributed by atoms with Crippen molar-refractivity contribution in [1.29, 1.82) is 0 Å². The van der Waals surface area contributed by atoms with Crippen molar-refractivity contribution in [3.63, 3.8) is 0 Å². The Morgan fingerprint density at radius 3 is 2.10 bits per heavy atom. The summed E-state index contributed by atoms with van der Waals surface area (Å²) in [4.78, 5) is 30.9. The predicted molar refractivity (Wildman–Crippen MR) is 110 cm³/mol.